The monoisotopic (exact) mass is 332 g/mol. The fourth-order valence-electron chi connectivity index (χ4n) is 3.63. The third-order valence-electron chi connectivity index (χ3n) is 4.72. The zero-order valence-corrected chi connectivity index (χ0v) is 14.6. The summed E-state index contributed by atoms with van der Waals surface area (Å²) in [5, 5.41) is 8.28. The lowest BCUT2D eigenvalue weighted by Crippen LogP contribution is -2.48. The van der Waals surface area contributed by atoms with Gasteiger partial charge in [-0.1, -0.05) is 19.1 Å². The number of fused-ring (bicyclic) bond motifs is 3. The maximum atomic E-state index is 6.05. The van der Waals surface area contributed by atoms with E-state index in [1.807, 2.05) is 17.5 Å². The van der Waals surface area contributed by atoms with Crippen LogP contribution in [-0.2, 0) is 24.3 Å². The minimum atomic E-state index is 0.244. The first-order chi connectivity index (χ1) is 11.2. The van der Waals surface area contributed by atoms with E-state index in [1.54, 1.807) is 0 Å². The van der Waals surface area contributed by atoms with Crippen LogP contribution in [0.1, 0.15) is 41.8 Å². The predicted octanol–water partition coefficient (Wildman–Crippen LogP) is 2.88. The van der Waals surface area contributed by atoms with Crippen LogP contribution in [0.3, 0.4) is 0 Å². The Balaban J connectivity index is 1.39. The van der Waals surface area contributed by atoms with Gasteiger partial charge in [0.1, 0.15) is 0 Å². The first-order valence-corrected chi connectivity index (χ1v) is 9.31. The molecule has 0 aliphatic carbocycles. The molecule has 2 aromatic heterocycles. The lowest BCUT2D eigenvalue weighted by atomic mass is 10.00. The van der Waals surface area contributed by atoms with Crippen LogP contribution < -0.4 is 0 Å². The number of rotatable bonds is 4. The first-order valence-electron chi connectivity index (χ1n) is 8.49. The summed E-state index contributed by atoms with van der Waals surface area (Å²) in [6.45, 7) is 8.33. The summed E-state index contributed by atoms with van der Waals surface area (Å²) in [6.07, 6.45) is 4.34. The zero-order valence-electron chi connectivity index (χ0n) is 13.8. The van der Waals surface area contributed by atoms with Gasteiger partial charge in [-0.05, 0) is 30.9 Å². The smallest absolute Gasteiger partial charge is 0.0932 e. The van der Waals surface area contributed by atoms with Crippen molar-refractivity contribution >= 4 is 11.3 Å². The maximum absolute atomic E-state index is 6.05. The number of piperidine rings is 1. The zero-order chi connectivity index (χ0) is 15.8. The fraction of sp³-hybridized carbons (Fsp3) is 0.647. The minimum absolute atomic E-state index is 0.244. The Morgan fingerprint density at radius 3 is 3.09 bits per heavy atom. The van der Waals surface area contributed by atoms with Gasteiger partial charge in [0.15, 0.2) is 0 Å². The van der Waals surface area contributed by atoms with Crippen molar-refractivity contribution in [2.75, 3.05) is 13.1 Å². The van der Waals surface area contributed by atoms with Crippen molar-refractivity contribution in [1.82, 2.24) is 19.9 Å². The second kappa shape index (κ2) is 6.34. The quantitative estimate of drug-likeness (QED) is 0.863. The van der Waals surface area contributed by atoms with E-state index < -0.39 is 0 Å². The Bertz CT molecular complexity index is 665. The highest BCUT2D eigenvalue weighted by Gasteiger charge is 2.36. The molecule has 2 aromatic rings. The SMILES string of the molecule is CC(C)Cc1ccc(CN2CC[C@H]3[C@H](C2)OCc2cnnn23)s1. The van der Waals surface area contributed by atoms with Crippen molar-refractivity contribution < 1.29 is 4.74 Å². The third kappa shape index (κ3) is 3.20. The van der Waals surface area contributed by atoms with Gasteiger partial charge in [0.25, 0.3) is 0 Å². The Kier molecular flexibility index (Phi) is 4.22. The van der Waals surface area contributed by atoms with E-state index in [9.17, 15) is 0 Å². The molecule has 1 fully saturated rings. The molecule has 0 radical (unpaired) electrons. The van der Waals surface area contributed by atoms with Crippen LogP contribution >= 0.6 is 11.3 Å². The molecule has 0 aromatic carbocycles. The highest BCUT2D eigenvalue weighted by molar-refractivity contribution is 7.11. The number of likely N-dealkylation sites (tertiary alicyclic amines) is 1. The van der Waals surface area contributed by atoms with E-state index in [1.165, 1.54) is 16.2 Å². The molecule has 2 atom stereocenters. The average Bonchev–Trinajstić information content (AvgIpc) is 3.15. The number of hydrogen-bond donors (Lipinski definition) is 0. The van der Waals surface area contributed by atoms with Crippen LogP contribution in [0.2, 0.25) is 0 Å². The number of ether oxygens (including phenoxy) is 1. The van der Waals surface area contributed by atoms with E-state index in [0.717, 1.165) is 37.7 Å². The van der Waals surface area contributed by atoms with Crippen LogP contribution in [-0.4, -0.2) is 39.1 Å². The Morgan fingerprint density at radius 1 is 1.35 bits per heavy atom. The van der Waals surface area contributed by atoms with Crippen molar-refractivity contribution in [2.24, 2.45) is 5.92 Å². The number of hydrogen-bond acceptors (Lipinski definition) is 5. The first kappa shape index (κ1) is 15.3. The van der Waals surface area contributed by atoms with Crippen molar-refractivity contribution in [1.29, 1.82) is 0 Å². The van der Waals surface area contributed by atoms with Crippen LogP contribution in [0.4, 0.5) is 0 Å². The largest absolute Gasteiger partial charge is 0.368 e. The van der Waals surface area contributed by atoms with Gasteiger partial charge in [0.2, 0.25) is 0 Å². The molecule has 0 unspecified atom stereocenters. The Labute approximate surface area is 141 Å². The molecule has 2 aliphatic heterocycles. The van der Waals surface area contributed by atoms with Crippen LogP contribution in [0.5, 0.6) is 0 Å². The molecule has 4 heterocycles. The predicted molar refractivity (Wildman–Crippen MR) is 90.4 cm³/mol. The van der Waals surface area contributed by atoms with Crippen LogP contribution in [0, 0.1) is 5.92 Å². The third-order valence-corrected chi connectivity index (χ3v) is 5.82. The highest BCUT2D eigenvalue weighted by atomic mass is 32.1. The summed E-state index contributed by atoms with van der Waals surface area (Å²) < 4.78 is 8.13. The van der Waals surface area contributed by atoms with Crippen molar-refractivity contribution in [3.63, 3.8) is 0 Å². The average molecular weight is 332 g/mol. The summed E-state index contributed by atoms with van der Waals surface area (Å²) in [5.74, 6) is 0.727. The maximum Gasteiger partial charge on any atom is 0.0932 e. The van der Waals surface area contributed by atoms with E-state index in [2.05, 4.69) is 45.9 Å². The van der Waals surface area contributed by atoms with Crippen LogP contribution in [0.15, 0.2) is 18.3 Å². The topological polar surface area (TPSA) is 43.2 Å². The molecule has 1 saturated heterocycles. The van der Waals surface area contributed by atoms with Gasteiger partial charge in [0, 0.05) is 29.4 Å². The standard InChI is InChI=1S/C17H24N4OS/c1-12(2)7-14-3-4-15(23-14)9-20-6-5-16-17(10-20)22-11-13-8-18-19-21(13)16/h3-4,8,12,16-17H,5-7,9-11H2,1-2H3/t16-,17-/m0/s1. The molecule has 0 saturated carbocycles. The summed E-state index contributed by atoms with van der Waals surface area (Å²) in [7, 11) is 0. The molecule has 0 amide bonds. The van der Waals surface area contributed by atoms with Gasteiger partial charge < -0.3 is 4.74 Å². The lowest BCUT2D eigenvalue weighted by Gasteiger charge is -2.40. The molecule has 4 rings (SSSR count). The fourth-order valence-corrected chi connectivity index (χ4v) is 4.91. The molecular formula is C17H24N4OS. The second-order valence-electron chi connectivity index (χ2n) is 7.08. The molecule has 6 heteroatoms. The molecule has 23 heavy (non-hydrogen) atoms. The summed E-state index contributed by atoms with van der Waals surface area (Å²) >= 11 is 1.96. The molecule has 2 aliphatic rings. The lowest BCUT2D eigenvalue weighted by molar-refractivity contribution is -0.0702. The van der Waals surface area contributed by atoms with Crippen molar-refractivity contribution in [2.45, 2.75) is 52.0 Å². The summed E-state index contributed by atoms with van der Waals surface area (Å²) in [6, 6.07) is 4.95. The summed E-state index contributed by atoms with van der Waals surface area (Å²) in [4.78, 5) is 5.50. The molecular weight excluding hydrogens is 308 g/mol. The van der Waals surface area contributed by atoms with E-state index in [0.29, 0.717) is 12.6 Å². The van der Waals surface area contributed by atoms with Gasteiger partial charge in [0.05, 0.1) is 30.6 Å². The van der Waals surface area contributed by atoms with E-state index in [-0.39, 0.29) is 6.10 Å². The van der Waals surface area contributed by atoms with Crippen molar-refractivity contribution in [3.8, 4) is 0 Å². The van der Waals surface area contributed by atoms with Gasteiger partial charge in [-0.15, -0.1) is 16.4 Å². The number of nitrogens with zero attached hydrogens (tertiary/aromatic N) is 4. The van der Waals surface area contributed by atoms with E-state index >= 15 is 0 Å². The molecule has 0 spiro atoms. The van der Waals surface area contributed by atoms with Crippen LogP contribution in [0.25, 0.3) is 0 Å². The second-order valence-corrected chi connectivity index (χ2v) is 8.33. The normalized spacial score (nSPS) is 24.7. The molecule has 5 nitrogen and oxygen atoms in total. The Hall–Kier alpha value is -1.24. The van der Waals surface area contributed by atoms with Crippen molar-refractivity contribution in [3.05, 3.63) is 33.8 Å². The minimum Gasteiger partial charge on any atom is -0.368 e. The Morgan fingerprint density at radius 2 is 2.22 bits per heavy atom. The van der Waals surface area contributed by atoms with E-state index in [4.69, 9.17) is 4.74 Å². The number of aromatic nitrogens is 3. The van der Waals surface area contributed by atoms with Gasteiger partial charge >= 0.3 is 0 Å². The van der Waals surface area contributed by atoms with Gasteiger partial charge in [-0.2, -0.15) is 0 Å². The van der Waals surface area contributed by atoms with Gasteiger partial charge in [-0.25, -0.2) is 4.68 Å². The molecule has 124 valence electrons. The summed E-state index contributed by atoms with van der Waals surface area (Å²) in [5.41, 5.74) is 1.11. The highest BCUT2D eigenvalue weighted by Crippen LogP contribution is 2.31. The molecule has 0 bridgehead atoms. The van der Waals surface area contributed by atoms with Gasteiger partial charge in [-0.3, -0.25) is 4.90 Å². The number of thiophene rings is 1. The molecule has 0 N–H and O–H groups in total.